The van der Waals surface area contributed by atoms with Crippen molar-refractivity contribution in [3.8, 4) is 0 Å². The average Bonchev–Trinajstić information content (AvgIpc) is 2.33. The van der Waals surface area contributed by atoms with Crippen molar-refractivity contribution < 1.29 is 24.5 Å². The number of carboxylic acids is 1. The van der Waals surface area contributed by atoms with E-state index in [1.54, 1.807) is 26.8 Å². The highest BCUT2D eigenvalue weighted by Gasteiger charge is 2.31. The summed E-state index contributed by atoms with van der Waals surface area (Å²) in [5.74, 6) is -1.38. The van der Waals surface area contributed by atoms with Crippen LogP contribution in [-0.2, 0) is 9.53 Å². The van der Waals surface area contributed by atoms with E-state index in [2.05, 4.69) is 26.2 Å². The Bertz CT molecular complexity index is 512. The molecule has 0 aliphatic rings. The minimum absolute atomic E-state index is 0.265. The average molecular weight is 361 g/mol. The molecule has 0 bridgehead atoms. The van der Waals surface area contributed by atoms with E-state index < -0.39 is 29.8 Å². The van der Waals surface area contributed by atoms with E-state index in [-0.39, 0.29) is 5.56 Å². The summed E-state index contributed by atoms with van der Waals surface area (Å²) >= 11 is 3.14. The Morgan fingerprint density at radius 1 is 1.38 bits per heavy atom. The monoisotopic (exact) mass is 360 g/mol. The Morgan fingerprint density at radius 3 is 2.43 bits per heavy atom. The largest absolute Gasteiger partial charge is 0.480 e. The molecular weight excluding hydrogens is 344 g/mol. The molecule has 0 unspecified atom stereocenters. The molecule has 2 atom stereocenters. The van der Waals surface area contributed by atoms with Crippen molar-refractivity contribution in [1.82, 2.24) is 10.3 Å². The van der Waals surface area contributed by atoms with Crippen molar-refractivity contribution in [3.63, 3.8) is 0 Å². The van der Waals surface area contributed by atoms with Gasteiger partial charge in [-0.1, -0.05) is 6.07 Å². The molecular formula is C13H17BrN2O5. The molecule has 0 aliphatic heterocycles. The lowest BCUT2D eigenvalue weighted by Gasteiger charge is -2.24. The molecule has 0 saturated carbocycles. The fourth-order valence-corrected chi connectivity index (χ4v) is 1.70. The summed E-state index contributed by atoms with van der Waals surface area (Å²) in [6.45, 7) is 4.95. The van der Waals surface area contributed by atoms with Gasteiger partial charge in [-0.2, -0.15) is 0 Å². The molecule has 21 heavy (non-hydrogen) atoms. The van der Waals surface area contributed by atoms with Gasteiger partial charge < -0.3 is 20.3 Å². The number of aromatic nitrogens is 1. The summed E-state index contributed by atoms with van der Waals surface area (Å²) in [5, 5.41) is 21.4. The maximum atomic E-state index is 11.6. The molecule has 0 aromatic carbocycles. The molecule has 116 valence electrons. The van der Waals surface area contributed by atoms with Crippen LogP contribution in [0.15, 0.2) is 22.9 Å². The molecule has 1 aromatic heterocycles. The summed E-state index contributed by atoms with van der Waals surface area (Å²) in [6.07, 6.45) is -1.05. The van der Waals surface area contributed by atoms with Crippen LogP contribution < -0.4 is 5.32 Å². The predicted molar refractivity (Wildman–Crippen MR) is 77.7 cm³/mol. The molecule has 1 rings (SSSR count). The van der Waals surface area contributed by atoms with Gasteiger partial charge in [0.15, 0.2) is 6.04 Å². The number of aliphatic hydroxyl groups excluding tert-OH is 1. The fraction of sp³-hybridized carbons (Fsp3) is 0.462. The topological polar surface area (TPSA) is 109 Å². The van der Waals surface area contributed by atoms with E-state index in [0.717, 1.165) is 0 Å². The number of rotatable bonds is 4. The van der Waals surface area contributed by atoms with Gasteiger partial charge in [-0.15, -0.1) is 0 Å². The molecule has 1 amide bonds. The van der Waals surface area contributed by atoms with E-state index in [0.29, 0.717) is 4.60 Å². The first-order valence-corrected chi connectivity index (χ1v) is 6.91. The molecule has 3 N–H and O–H groups in total. The van der Waals surface area contributed by atoms with Crippen molar-refractivity contribution in [2.45, 2.75) is 38.5 Å². The van der Waals surface area contributed by atoms with Crippen molar-refractivity contribution in [2.24, 2.45) is 0 Å². The highest BCUT2D eigenvalue weighted by atomic mass is 79.9. The second kappa shape index (κ2) is 6.86. The number of aliphatic carboxylic acids is 1. The van der Waals surface area contributed by atoms with Crippen LogP contribution in [0.2, 0.25) is 0 Å². The maximum Gasteiger partial charge on any atom is 0.408 e. The third-order valence-corrected chi connectivity index (χ3v) is 2.81. The quantitative estimate of drug-likeness (QED) is 0.707. The summed E-state index contributed by atoms with van der Waals surface area (Å²) < 4.78 is 5.52. The Labute approximate surface area is 130 Å². The number of halogens is 1. The van der Waals surface area contributed by atoms with E-state index in [1.165, 1.54) is 12.3 Å². The van der Waals surface area contributed by atoms with Gasteiger partial charge in [-0.25, -0.2) is 14.6 Å². The Morgan fingerprint density at radius 2 is 2.00 bits per heavy atom. The number of pyridine rings is 1. The molecule has 0 radical (unpaired) electrons. The number of hydrogen-bond acceptors (Lipinski definition) is 5. The lowest BCUT2D eigenvalue weighted by atomic mass is 10.0. The number of alkyl carbamates (subject to hydrolysis) is 1. The van der Waals surface area contributed by atoms with Crippen LogP contribution in [0.5, 0.6) is 0 Å². The normalized spacial score (nSPS) is 14.1. The SMILES string of the molecule is CC(C)(C)OC(=O)N[C@@H](C(=O)O)[C@H](O)c1ccc(Br)nc1. The van der Waals surface area contributed by atoms with Crippen molar-refractivity contribution in [2.75, 3.05) is 0 Å². The first kappa shape index (κ1) is 17.4. The zero-order valence-corrected chi connectivity index (χ0v) is 13.4. The number of nitrogens with zero attached hydrogens (tertiary/aromatic N) is 1. The molecule has 7 nitrogen and oxygen atoms in total. The lowest BCUT2D eigenvalue weighted by molar-refractivity contribution is -0.142. The molecule has 1 heterocycles. The third-order valence-electron chi connectivity index (χ3n) is 2.35. The Balaban J connectivity index is 2.84. The second-order valence-corrected chi connectivity index (χ2v) is 6.13. The number of aliphatic hydroxyl groups is 1. The molecule has 8 heteroatoms. The minimum atomic E-state index is -1.54. The van der Waals surface area contributed by atoms with Gasteiger partial charge in [0, 0.05) is 11.8 Å². The number of carbonyl (C=O) groups excluding carboxylic acids is 1. The highest BCUT2D eigenvalue weighted by molar-refractivity contribution is 9.10. The van der Waals surface area contributed by atoms with Crippen molar-refractivity contribution in [3.05, 3.63) is 28.5 Å². The van der Waals surface area contributed by atoms with Crippen LogP contribution in [0.1, 0.15) is 32.4 Å². The first-order valence-electron chi connectivity index (χ1n) is 6.12. The smallest absolute Gasteiger partial charge is 0.408 e. The molecule has 0 aliphatic carbocycles. The van der Waals surface area contributed by atoms with E-state index >= 15 is 0 Å². The van der Waals surface area contributed by atoms with E-state index in [4.69, 9.17) is 9.84 Å². The zero-order chi connectivity index (χ0) is 16.2. The number of hydrogen-bond donors (Lipinski definition) is 3. The van der Waals surface area contributed by atoms with Crippen LogP contribution >= 0.6 is 15.9 Å². The second-order valence-electron chi connectivity index (χ2n) is 5.32. The minimum Gasteiger partial charge on any atom is -0.480 e. The Kier molecular flexibility index (Phi) is 5.68. The van der Waals surface area contributed by atoms with E-state index in [1.807, 2.05) is 0 Å². The fourth-order valence-electron chi connectivity index (χ4n) is 1.46. The molecule has 1 aromatic rings. The van der Waals surface area contributed by atoms with Crippen LogP contribution in [0.3, 0.4) is 0 Å². The first-order chi connectivity index (χ1) is 9.60. The molecule has 0 fully saturated rings. The summed E-state index contributed by atoms with van der Waals surface area (Å²) in [7, 11) is 0. The molecule has 0 spiro atoms. The summed E-state index contributed by atoms with van der Waals surface area (Å²) in [6, 6.07) is 1.53. The number of carboxylic acid groups (broad SMARTS) is 1. The van der Waals surface area contributed by atoms with Gasteiger partial charge in [-0.05, 0) is 42.8 Å². The number of ether oxygens (including phenoxy) is 1. The van der Waals surface area contributed by atoms with Crippen LogP contribution in [0.25, 0.3) is 0 Å². The standard InChI is InChI=1S/C13H17BrN2O5/c1-13(2,3)21-12(20)16-9(11(18)19)10(17)7-4-5-8(14)15-6-7/h4-6,9-10,17H,1-3H3,(H,16,20)(H,18,19)/t9-,10-/m1/s1. The third kappa shape index (κ3) is 5.68. The van der Waals surface area contributed by atoms with Crippen LogP contribution in [0, 0.1) is 0 Å². The summed E-state index contributed by atoms with van der Waals surface area (Å²) in [4.78, 5) is 26.8. The number of carbonyl (C=O) groups is 2. The van der Waals surface area contributed by atoms with Gasteiger partial charge >= 0.3 is 12.1 Å². The van der Waals surface area contributed by atoms with Gasteiger partial charge in [0.05, 0.1) is 0 Å². The van der Waals surface area contributed by atoms with Crippen molar-refractivity contribution in [1.29, 1.82) is 0 Å². The van der Waals surface area contributed by atoms with Gasteiger partial charge in [0.25, 0.3) is 0 Å². The van der Waals surface area contributed by atoms with Gasteiger partial charge in [-0.3, -0.25) is 0 Å². The van der Waals surface area contributed by atoms with E-state index in [9.17, 15) is 14.7 Å². The molecule has 0 saturated heterocycles. The highest BCUT2D eigenvalue weighted by Crippen LogP contribution is 2.18. The van der Waals surface area contributed by atoms with Gasteiger partial charge in [0.1, 0.15) is 16.3 Å². The number of amides is 1. The number of nitrogens with one attached hydrogen (secondary N) is 1. The van der Waals surface area contributed by atoms with Crippen LogP contribution in [-0.4, -0.2) is 38.9 Å². The predicted octanol–water partition coefficient (Wildman–Crippen LogP) is 1.86. The zero-order valence-electron chi connectivity index (χ0n) is 11.8. The maximum absolute atomic E-state index is 11.6. The van der Waals surface area contributed by atoms with Crippen molar-refractivity contribution >= 4 is 28.0 Å². The summed E-state index contributed by atoms with van der Waals surface area (Å²) in [5.41, 5.74) is -0.501. The van der Waals surface area contributed by atoms with Crippen LogP contribution in [0.4, 0.5) is 4.79 Å². The van der Waals surface area contributed by atoms with Gasteiger partial charge in [0.2, 0.25) is 0 Å². The Hall–Kier alpha value is -1.67. The lowest BCUT2D eigenvalue weighted by Crippen LogP contribution is -2.46.